The summed E-state index contributed by atoms with van der Waals surface area (Å²) in [6, 6.07) is 25.2. The predicted octanol–water partition coefficient (Wildman–Crippen LogP) is 4.66. The van der Waals surface area contributed by atoms with Gasteiger partial charge in [-0.15, -0.1) is 0 Å². The quantitative estimate of drug-likeness (QED) is 0.480. The predicted molar refractivity (Wildman–Crippen MR) is 112 cm³/mol. The summed E-state index contributed by atoms with van der Waals surface area (Å²) in [6.07, 6.45) is 0.835. The maximum Gasteiger partial charge on any atom is 0.170 e. The minimum atomic E-state index is 0.282. The average Bonchev–Trinajstić information content (AvgIpc) is 2.66. The van der Waals surface area contributed by atoms with Crippen molar-refractivity contribution in [2.24, 2.45) is 0 Å². The first-order chi connectivity index (χ1) is 12.7. The molecule has 0 aromatic heterocycles. The summed E-state index contributed by atoms with van der Waals surface area (Å²) < 4.78 is 0. The smallest absolute Gasteiger partial charge is 0.170 e. The Morgan fingerprint density at radius 2 is 1.38 bits per heavy atom. The Hall–Kier alpha value is -3.05. The Morgan fingerprint density at radius 3 is 2.08 bits per heavy atom. The summed E-state index contributed by atoms with van der Waals surface area (Å²) in [5, 5.41) is 19.6. The van der Waals surface area contributed by atoms with Crippen molar-refractivity contribution in [3.05, 3.63) is 84.4 Å². The van der Waals surface area contributed by atoms with E-state index in [0.717, 1.165) is 35.6 Å². The van der Waals surface area contributed by atoms with Crippen molar-refractivity contribution < 1.29 is 5.11 Å². The Labute approximate surface area is 158 Å². The van der Waals surface area contributed by atoms with Gasteiger partial charge in [-0.25, -0.2) is 0 Å². The fourth-order valence-electron chi connectivity index (χ4n) is 2.48. The Bertz CT molecular complexity index is 833. The highest BCUT2D eigenvalue weighted by molar-refractivity contribution is 7.80. The summed E-state index contributed by atoms with van der Waals surface area (Å²) >= 11 is 5.33. The molecule has 0 bridgehead atoms. The molecule has 0 fully saturated rings. The molecule has 4 N–H and O–H groups in total. The molecule has 4 nitrogen and oxygen atoms in total. The molecule has 0 amide bonds. The summed E-state index contributed by atoms with van der Waals surface area (Å²) in [7, 11) is 0. The zero-order valence-corrected chi connectivity index (χ0v) is 15.1. The zero-order chi connectivity index (χ0) is 18.2. The number of thiocarbonyl (C=S) groups is 1. The van der Waals surface area contributed by atoms with Gasteiger partial charge < -0.3 is 21.1 Å². The van der Waals surface area contributed by atoms with Gasteiger partial charge in [0.25, 0.3) is 0 Å². The molecular weight excluding hydrogens is 342 g/mol. The van der Waals surface area contributed by atoms with Crippen LogP contribution < -0.4 is 16.0 Å². The molecule has 0 radical (unpaired) electrons. The van der Waals surface area contributed by atoms with E-state index in [4.69, 9.17) is 12.2 Å². The number of anilines is 3. The Kier molecular flexibility index (Phi) is 6.06. The third kappa shape index (κ3) is 5.50. The molecule has 0 unspecified atom stereocenters. The number of hydrogen-bond donors (Lipinski definition) is 4. The molecule has 5 heteroatoms. The van der Waals surface area contributed by atoms with E-state index in [1.165, 1.54) is 0 Å². The third-order valence-electron chi connectivity index (χ3n) is 3.84. The highest BCUT2D eigenvalue weighted by Gasteiger charge is 2.00. The van der Waals surface area contributed by atoms with Crippen molar-refractivity contribution in [3.63, 3.8) is 0 Å². The molecule has 0 heterocycles. The van der Waals surface area contributed by atoms with Crippen LogP contribution in [-0.2, 0) is 6.42 Å². The molecule has 132 valence electrons. The van der Waals surface area contributed by atoms with Crippen LogP contribution in [0, 0.1) is 0 Å². The van der Waals surface area contributed by atoms with Crippen LogP contribution in [0.15, 0.2) is 78.9 Å². The van der Waals surface area contributed by atoms with Crippen LogP contribution in [0.2, 0.25) is 0 Å². The van der Waals surface area contributed by atoms with Gasteiger partial charge in [0, 0.05) is 23.6 Å². The summed E-state index contributed by atoms with van der Waals surface area (Å²) in [4.78, 5) is 0. The maximum atomic E-state index is 9.29. The normalized spacial score (nSPS) is 10.2. The first-order valence-corrected chi connectivity index (χ1v) is 8.85. The summed E-state index contributed by atoms with van der Waals surface area (Å²) in [5.41, 5.74) is 4.16. The van der Waals surface area contributed by atoms with Crippen LogP contribution in [0.4, 0.5) is 17.1 Å². The second-order valence-corrected chi connectivity index (χ2v) is 6.27. The van der Waals surface area contributed by atoms with Crippen LogP contribution in [-0.4, -0.2) is 16.8 Å². The Morgan fingerprint density at radius 1 is 0.769 bits per heavy atom. The van der Waals surface area contributed by atoms with Gasteiger partial charge in [0.1, 0.15) is 5.75 Å². The summed E-state index contributed by atoms with van der Waals surface area (Å²) in [5.74, 6) is 0.282. The first kappa shape index (κ1) is 17.8. The lowest BCUT2D eigenvalue weighted by molar-refractivity contribution is 0.475. The van der Waals surface area contributed by atoms with E-state index >= 15 is 0 Å². The van der Waals surface area contributed by atoms with Gasteiger partial charge in [0.05, 0.1) is 0 Å². The zero-order valence-electron chi connectivity index (χ0n) is 14.3. The lowest BCUT2D eigenvalue weighted by atomic mass is 10.1. The van der Waals surface area contributed by atoms with Gasteiger partial charge in [-0.1, -0.05) is 30.3 Å². The van der Waals surface area contributed by atoms with Crippen molar-refractivity contribution in [1.29, 1.82) is 0 Å². The fourth-order valence-corrected chi connectivity index (χ4v) is 2.70. The first-order valence-electron chi connectivity index (χ1n) is 8.44. The van der Waals surface area contributed by atoms with Gasteiger partial charge in [-0.3, -0.25) is 0 Å². The van der Waals surface area contributed by atoms with Crippen molar-refractivity contribution >= 4 is 34.4 Å². The highest BCUT2D eigenvalue weighted by atomic mass is 32.1. The number of nitrogens with one attached hydrogen (secondary N) is 3. The molecule has 3 aromatic rings. The van der Waals surface area contributed by atoms with Crippen molar-refractivity contribution in [1.82, 2.24) is 5.32 Å². The topological polar surface area (TPSA) is 56.3 Å². The van der Waals surface area contributed by atoms with E-state index in [1.807, 2.05) is 66.7 Å². The van der Waals surface area contributed by atoms with Gasteiger partial charge in [-0.05, 0) is 72.7 Å². The summed E-state index contributed by atoms with van der Waals surface area (Å²) in [6.45, 7) is 0.726. The molecule has 3 aromatic carbocycles. The van der Waals surface area contributed by atoms with Crippen LogP contribution in [0.5, 0.6) is 5.75 Å². The number of rotatable bonds is 6. The monoisotopic (exact) mass is 363 g/mol. The fraction of sp³-hybridized carbons (Fsp3) is 0.0952. The Balaban J connectivity index is 1.44. The largest absolute Gasteiger partial charge is 0.508 e. The van der Waals surface area contributed by atoms with Crippen molar-refractivity contribution in [2.75, 3.05) is 17.2 Å². The van der Waals surface area contributed by atoms with E-state index in [0.29, 0.717) is 5.11 Å². The maximum absolute atomic E-state index is 9.29. The van der Waals surface area contributed by atoms with Gasteiger partial charge in [0.2, 0.25) is 0 Å². The van der Waals surface area contributed by atoms with E-state index < -0.39 is 0 Å². The second kappa shape index (κ2) is 8.87. The van der Waals surface area contributed by atoms with Crippen LogP contribution in [0.3, 0.4) is 0 Å². The van der Waals surface area contributed by atoms with Crippen molar-refractivity contribution in [3.8, 4) is 5.75 Å². The van der Waals surface area contributed by atoms with Gasteiger partial charge >= 0.3 is 0 Å². The lowest BCUT2D eigenvalue weighted by Gasteiger charge is -2.12. The molecule has 0 atom stereocenters. The second-order valence-electron chi connectivity index (χ2n) is 5.87. The number of hydrogen-bond acceptors (Lipinski definition) is 3. The third-order valence-corrected chi connectivity index (χ3v) is 4.09. The van der Waals surface area contributed by atoms with E-state index in [-0.39, 0.29) is 5.75 Å². The average molecular weight is 363 g/mol. The van der Waals surface area contributed by atoms with Crippen LogP contribution in [0.1, 0.15) is 5.56 Å². The molecule has 0 aliphatic heterocycles. The van der Waals surface area contributed by atoms with E-state index in [2.05, 4.69) is 16.0 Å². The SMILES string of the molecule is Oc1ccc(CCNC(=S)Nc2ccc(Nc3ccccc3)cc2)cc1. The van der Waals surface area contributed by atoms with Crippen LogP contribution >= 0.6 is 12.2 Å². The number of phenolic OH excluding ortho intramolecular Hbond substituents is 1. The van der Waals surface area contributed by atoms with Crippen LogP contribution in [0.25, 0.3) is 0 Å². The standard InChI is InChI=1S/C21H21N3OS/c25-20-12-6-16(7-13-20)14-15-22-21(26)24-19-10-8-18(9-11-19)23-17-4-2-1-3-5-17/h1-13,23,25H,14-15H2,(H2,22,24,26). The van der Waals surface area contributed by atoms with E-state index in [9.17, 15) is 5.11 Å². The molecule has 0 aliphatic rings. The van der Waals surface area contributed by atoms with E-state index in [1.54, 1.807) is 12.1 Å². The number of benzene rings is 3. The molecule has 3 rings (SSSR count). The molecule has 26 heavy (non-hydrogen) atoms. The molecule has 0 saturated carbocycles. The van der Waals surface area contributed by atoms with Gasteiger partial charge in [-0.2, -0.15) is 0 Å². The minimum absolute atomic E-state index is 0.282. The molecule has 0 spiro atoms. The van der Waals surface area contributed by atoms with Crippen molar-refractivity contribution in [2.45, 2.75) is 6.42 Å². The molecular formula is C21H21N3OS. The molecule has 0 saturated heterocycles. The number of aromatic hydroxyl groups is 1. The lowest BCUT2D eigenvalue weighted by Crippen LogP contribution is -2.30. The number of phenols is 1. The van der Waals surface area contributed by atoms with Gasteiger partial charge in [0.15, 0.2) is 5.11 Å². The highest BCUT2D eigenvalue weighted by Crippen LogP contribution is 2.18. The number of para-hydroxylation sites is 1. The minimum Gasteiger partial charge on any atom is -0.508 e. The molecule has 0 aliphatic carbocycles.